The van der Waals surface area contributed by atoms with E-state index in [0.29, 0.717) is 5.56 Å². The summed E-state index contributed by atoms with van der Waals surface area (Å²) in [4.78, 5) is 12.7. The highest BCUT2D eigenvalue weighted by Crippen LogP contribution is 2.26. The molecule has 0 unspecified atom stereocenters. The van der Waals surface area contributed by atoms with E-state index in [4.69, 9.17) is 0 Å². The molecule has 4 aromatic carbocycles. The summed E-state index contributed by atoms with van der Waals surface area (Å²) < 4.78 is 0. The highest BCUT2D eigenvalue weighted by atomic mass is 16.3. The van der Waals surface area contributed by atoms with Gasteiger partial charge in [0.1, 0.15) is 5.75 Å². The number of aromatic hydroxyl groups is 1. The minimum Gasteiger partial charge on any atom is -0.508 e. The number of phenolic OH excluding ortho intramolecular Hbond substituents is 1. The fraction of sp³-hybridized carbons (Fsp3) is 0.0741. The van der Waals surface area contributed by atoms with Crippen molar-refractivity contribution in [3.8, 4) is 16.9 Å². The maximum atomic E-state index is 12.7. The van der Waals surface area contributed by atoms with Gasteiger partial charge in [-0.15, -0.1) is 0 Å². The number of amides is 1. The van der Waals surface area contributed by atoms with Gasteiger partial charge < -0.3 is 15.7 Å². The lowest BCUT2D eigenvalue weighted by molar-refractivity contribution is 0.102. The van der Waals surface area contributed by atoms with Crippen LogP contribution < -0.4 is 10.6 Å². The number of anilines is 3. The van der Waals surface area contributed by atoms with Crippen LogP contribution in [0, 0.1) is 13.8 Å². The Morgan fingerprint density at radius 2 is 1.26 bits per heavy atom. The molecule has 31 heavy (non-hydrogen) atoms. The van der Waals surface area contributed by atoms with Gasteiger partial charge in [0.05, 0.1) is 0 Å². The van der Waals surface area contributed by atoms with Crippen molar-refractivity contribution in [3.05, 3.63) is 108 Å². The Hall–Kier alpha value is -4.05. The average Bonchev–Trinajstić information content (AvgIpc) is 2.77. The van der Waals surface area contributed by atoms with Gasteiger partial charge in [0, 0.05) is 22.6 Å². The molecule has 154 valence electrons. The van der Waals surface area contributed by atoms with Gasteiger partial charge in [-0.3, -0.25) is 4.79 Å². The van der Waals surface area contributed by atoms with Crippen LogP contribution in [0.25, 0.3) is 11.1 Å². The Labute approximate surface area is 182 Å². The van der Waals surface area contributed by atoms with E-state index in [2.05, 4.69) is 36.6 Å². The van der Waals surface area contributed by atoms with Crippen LogP contribution >= 0.6 is 0 Å². The number of para-hydroxylation sites is 1. The number of phenols is 1. The molecule has 0 aliphatic heterocycles. The lowest BCUT2D eigenvalue weighted by atomic mass is 10.0. The molecule has 0 saturated carbocycles. The minimum atomic E-state index is -0.165. The van der Waals surface area contributed by atoms with Crippen LogP contribution in [0.1, 0.15) is 21.5 Å². The Bertz CT molecular complexity index is 1190. The van der Waals surface area contributed by atoms with E-state index in [1.165, 1.54) is 11.1 Å². The summed E-state index contributed by atoms with van der Waals surface area (Å²) in [6.07, 6.45) is 0. The SMILES string of the molecule is Cc1cccc(C)c1Nc1cccc(NC(=O)c2ccc(-c3ccc(O)cc3)cc2)c1. The van der Waals surface area contributed by atoms with Crippen LogP contribution in [0.4, 0.5) is 17.1 Å². The average molecular weight is 409 g/mol. The van der Waals surface area contributed by atoms with Gasteiger partial charge in [-0.05, 0) is 78.6 Å². The van der Waals surface area contributed by atoms with Crippen LogP contribution in [0.5, 0.6) is 5.75 Å². The second kappa shape index (κ2) is 8.76. The predicted molar refractivity (Wildman–Crippen MR) is 127 cm³/mol. The maximum Gasteiger partial charge on any atom is 0.255 e. The van der Waals surface area contributed by atoms with Gasteiger partial charge in [-0.2, -0.15) is 0 Å². The number of rotatable bonds is 5. The van der Waals surface area contributed by atoms with Crippen molar-refractivity contribution in [3.63, 3.8) is 0 Å². The molecule has 4 aromatic rings. The van der Waals surface area contributed by atoms with E-state index in [9.17, 15) is 9.90 Å². The van der Waals surface area contributed by atoms with Crippen molar-refractivity contribution in [2.24, 2.45) is 0 Å². The van der Waals surface area contributed by atoms with E-state index in [-0.39, 0.29) is 11.7 Å². The molecular formula is C27H24N2O2. The number of nitrogens with one attached hydrogen (secondary N) is 2. The van der Waals surface area contributed by atoms with Crippen LogP contribution in [0.3, 0.4) is 0 Å². The molecule has 4 rings (SSSR count). The molecular weight excluding hydrogens is 384 g/mol. The van der Waals surface area contributed by atoms with Crippen molar-refractivity contribution in [2.75, 3.05) is 10.6 Å². The number of hydrogen-bond donors (Lipinski definition) is 3. The molecule has 3 N–H and O–H groups in total. The zero-order valence-electron chi connectivity index (χ0n) is 17.5. The van der Waals surface area contributed by atoms with Crippen molar-refractivity contribution in [1.29, 1.82) is 0 Å². The molecule has 4 nitrogen and oxygen atoms in total. The Balaban J connectivity index is 1.47. The fourth-order valence-electron chi connectivity index (χ4n) is 3.50. The van der Waals surface area contributed by atoms with E-state index < -0.39 is 0 Å². The molecule has 0 aliphatic rings. The molecule has 0 fully saturated rings. The van der Waals surface area contributed by atoms with Gasteiger partial charge in [0.2, 0.25) is 0 Å². The first-order valence-corrected chi connectivity index (χ1v) is 10.1. The Morgan fingerprint density at radius 3 is 1.90 bits per heavy atom. The Kier molecular flexibility index (Phi) is 5.72. The number of aryl methyl sites for hydroxylation is 2. The molecule has 0 saturated heterocycles. The molecule has 1 amide bonds. The standard InChI is InChI=1S/C27H24N2O2/c1-18-5-3-6-19(2)26(18)28-23-7-4-8-24(17-23)29-27(31)22-11-9-20(10-12-22)21-13-15-25(30)16-14-21/h3-17,28,30H,1-2H3,(H,29,31). The molecule has 0 spiro atoms. The third-order valence-corrected chi connectivity index (χ3v) is 5.22. The van der Waals surface area contributed by atoms with Gasteiger partial charge in [0.15, 0.2) is 0 Å². The van der Waals surface area contributed by atoms with Crippen LogP contribution in [0.2, 0.25) is 0 Å². The van der Waals surface area contributed by atoms with Crippen LogP contribution in [0.15, 0.2) is 91.0 Å². The molecule has 0 bridgehead atoms. The topological polar surface area (TPSA) is 61.4 Å². The van der Waals surface area contributed by atoms with Crippen LogP contribution in [-0.2, 0) is 0 Å². The molecule has 0 atom stereocenters. The van der Waals surface area contributed by atoms with Crippen molar-refractivity contribution < 1.29 is 9.90 Å². The van der Waals surface area contributed by atoms with Crippen molar-refractivity contribution in [2.45, 2.75) is 13.8 Å². The van der Waals surface area contributed by atoms with Crippen LogP contribution in [-0.4, -0.2) is 11.0 Å². The highest BCUT2D eigenvalue weighted by molar-refractivity contribution is 6.04. The van der Waals surface area contributed by atoms with Gasteiger partial charge in [-0.1, -0.05) is 48.5 Å². The minimum absolute atomic E-state index is 0.165. The monoisotopic (exact) mass is 408 g/mol. The zero-order chi connectivity index (χ0) is 21.8. The van der Waals surface area contributed by atoms with Gasteiger partial charge in [0.25, 0.3) is 5.91 Å². The van der Waals surface area contributed by atoms with E-state index in [1.807, 2.05) is 54.6 Å². The highest BCUT2D eigenvalue weighted by Gasteiger charge is 2.08. The summed E-state index contributed by atoms with van der Waals surface area (Å²) in [5, 5.41) is 15.9. The van der Waals surface area contributed by atoms with Gasteiger partial charge >= 0.3 is 0 Å². The summed E-state index contributed by atoms with van der Waals surface area (Å²) in [5.74, 6) is 0.0653. The van der Waals surface area contributed by atoms with E-state index in [0.717, 1.165) is 28.2 Å². The maximum absolute atomic E-state index is 12.7. The summed E-state index contributed by atoms with van der Waals surface area (Å²) in [6.45, 7) is 4.14. The quantitative estimate of drug-likeness (QED) is 0.345. The number of carbonyl (C=O) groups is 1. The first kappa shape index (κ1) is 20.2. The van der Waals surface area contributed by atoms with E-state index in [1.54, 1.807) is 24.3 Å². The zero-order valence-corrected chi connectivity index (χ0v) is 17.5. The second-order valence-corrected chi connectivity index (χ2v) is 7.55. The molecule has 0 radical (unpaired) electrons. The predicted octanol–water partition coefficient (Wildman–Crippen LogP) is 6.67. The first-order chi connectivity index (χ1) is 15.0. The number of carbonyl (C=O) groups excluding carboxylic acids is 1. The third-order valence-electron chi connectivity index (χ3n) is 5.22. The molecule has 0 aromatic heterocycles. The first-order valence-electron chi connectivity index (χ1n) is 10.1. The summed E-state index contributed by atoms with van der Waals surface area (Å²) in [6, 6.07) is 28.3. The lowest BCUT2D eigenvalue weighted by Crippen LogP contribution is -2.11. The van der Waals surface area contributed by atoms with Crippen molar-refractivity contribution in [1.82, 2.24) is 0 Å². The normalized spacial score (nSPS) is 10.5. The van der Waals surface area contributed by atoms with Crippen molar-refractivity contribution >= 4 is 23.0 Å². The molecule has 0 heterocycles. The largest absolute Gasteiger partial charge is 0.508 e. The molecule has 0 aliphatic carbocycles. The molecule has 4 heteroatoms. The number of benzene rings is 4. The number of hydrogen-bond acceptors (Lipinski definition) is 3. The van der Waals surface area contributed by atoms with E-state index >= 15 is 0 Å². The smallest absolute Gasteiger partial charge is 0.255 e. The Morgan fingerprint density at radius 1 is 0.710 bits per heavy atom. The summed E-state index contributed by atoms with van der Waals surface area (Å²) in [5.41, 5.74) is 7.60. The lowest BCUT2D eigenvalue weighted by Gasteiger charge is -2.14. The third kappa shape index (κ3) is 4.75. The second-order valence-electron chi connectivity index (χ2n) is 7.55. The summed E-state index contributed by atoms with van der Waals surface area (Å²) >= 11 is 0. The van der Waals surface area contributed by atoms with Gasteiger partial charge in [-0.25, -0.2) is 0 Å². The fourth-order valence-corrected chi connectivity index (χ4v) is 3.50. The summed E-state index contributed by atoms with van der Waals surface area (Å²) in [7, 11) is 0.